The number of rotatable bonds is 4. The first kappa shape index (κ1) is 11.9. The van der Waals surface area contributed by atoms with Crippen molar-refractivity contribution >= 4 is 10.0 Å². The minimum absolute atomic E-state index is 0.0115. The summed E-state index contributed by atoms with van der Waals surface area (Å²) in [7, 11) is -2.28. The predicted molar refractivity (Wildman–Crippen MR) is 53.8 cm³/mol. The van der Waals surface area contributed by atoms with Crippen molar-refractivity contribution in [3.63, 3.8) is 0 Å². The molecule has 0 aliphatic heterocycles. The van der Waals surface area contributed by atoms with Crippen molar-refractivity contribution in [1.29, 1.82) is 0 Å². The molecule has 4 nitrogen and oxygen atoms in total. The molecule has 0 atom stereocenters. The van der Waals surface area contributed by atoms with Gasteiger partial charge in [0, 0.05) is 12.6 Å². The van der Waals surface area contributed by atoms with Crippen LogP contribution in [0.15, 0.2) is 23.1 Å². The molecule has 0 saturated carbocycles. The van der Waals surface area contributed by atoms with Gasteiger partial charge in [-0.2, -0.15) is 0 Å². The zero-order valence-corrected chi connectivity index (χ0v) is 9.27. The Bertz CT molecular complexity index is 445. The van der Waals surface area contributed by atoms with E-state index < -0.39 is 15.8 Å². The molecule has 0 fully saturated rings. The molecule has 0 aliphatic carbocycles. The lowest BCUT2D eigenvalue weighted by Gasteiger charge is -2.06. The number of hydrogen-bond donors (Lipinski definition) is 1. The standard InChI is InChI=1S/C9H12FNO3S/c1-3-11-15(12,13)7-4-5-8(10)9(6-7)14-2/h4-6,11H,3H2,1-2H3. The van der Waals surface area contributed by atoms with Gasteiger partial charge in [0.2, 0.25) is 10.0 Å². The summed E-state index contributed by atoms with van der Waals surface area (Å²) in [6, 6.07) is 3.40. The lowest BCUT2D eigenvalue weighted by atomic mass is 10.3. The fourth-order valence-corrected chi connectivity index (χ4v) is 2.14. The topological polar surface area (TPSA) is 55.4 Å². The normalized spacial score (nSPS) is 11.4. The van der Waals surface area contributed by atoms with E-state index in [1.54, 1.807) is 6.92 Å². The fourth-order valence-electron chi connectivity index (χ4n) is 1.08. The maximum Gasteiger partial charge on any atom is 0.240 e. The van der Waals surface area contributed by atoms with Crippen LogP contribution in [0.1, 0.15) is 6.92 Å². The Morgan fingerprint density at radius 3 is 2.67 bits per heavy atom. The average Bonchev–Trinajstić information content (AvgIpc) is 2.18. The first-order chi connectivity index (χ1) is 7.01. The van der Waals surface area contributed by atoms with Crippen LogP contribution in [0.25, 0.3) is 0 Å². The summed E-state index contributed by atoms with van der Waals surface area (Å²) in [5.74, 6) is -0.679. The van der Waals surface area contributed by atoms with Gasteiger partial charge in [-0.1, -0.05) is 6.92 Å². The van der Waals surface area contributed by atoms with Crippen LogP contribution in [0.4, 0.5) is 4.39 Å². The number of methoxy groups -OCH3 is 1. The molecule has 0 aromatic heterocycles. The third kappa shape index (κ3) is 2.66. The van der Waals surface area contributed by atoms with Crippen LogP contribution < -0.4 is 9.46 Å². The van der Waals surface area contributed by atoms with Crippen LogP contribution in [0.5, 0.6) is 5.75 Å². The lowest BCUT2D eigenvalue weighted by Crippen LogP contribution is -2.23. The number of halogens is 1. The van der Waals surface area contributed by atoms with Crippen molar-refractivity contribution in [1.82, 2.24) is 4.72 Å². The average molecular weight is 233 g/mol. The molecule has 1 rings (SSSR count). The monoisotopic (exact) mass is 233 g/mol. The molecule has 1 N–H and O–H groups in total. The summed E-state index contributed by atoms with van der Waals surface area (Å²) in [5.41, 5.74) is 0. The highest BCUT2D eigenvalue weighted by Gasteiger charge is 2.15. The van der Waals surface area contributed by atoms with Gasteiger partial charge in [0.25, 0.3) is 0 Å². The van der Waals surface area contributed by atoms with Gasteiger partial charge in [-0.05, 0) is 12.1 Å². The van der Waals surface area contributed by atoms with Crippen molar-refractivity contribution in [2.45, 2.75) is 11.8 Å². The van der Waals surface area contributed by atoms with E-state index in [0.717, 1.165) is 12.1 Å². The molecule has 0 amide bonds. The summed E-state index contributed by atoms with van der Waals surface area (Å²) >= 11 is 0. The van der Waals surface area contributed by atoms with Crippen LogP contribution >= 0.6 is 0 Å². The van der Waals surface area contributed by atoms with Gasteiger partial charge in [-0.15, -0.1) is 0 Å². The maximum absolute atomic E-state index is 13.0. The van der Waals surface area contributed by atoms with Crippen LogP contribution in [-0.4, -0.2) is 22.1 Å². The summed E-state index contributed by atoms with van der Waals surface area (Å²) < 4.78 is 43.0. The molecule has 0 spiro atoms. The van der Waals surface area contributed by atoms with Gasteiger partial charge >= 0.3 is 0 Å². The Morgan fingerprint density at radius 1 is 1.47 bits per heavy atom. The first-order valence-corrected chi connectivity index (χ1v) is 5.82. The van der Waals surface area contributed by atoms with Crippen molar-refractivity contribution < 1.29 is 17.5 Å². The number of hydrogen-bond acceptors (Lipinski definition) is 3. The van der Waals surface area contributed by atoms with E-state index in [0.29, 0.717) is 0 Å². The molecule has 0 radical (unpaired) electrons. The number of sulfonamides is 1. The van der Waals surface area contributed by atoms with Gasteiger partial charge in [-0.3, -0.25) is 0 Å². The van der Waals surface area contributed by atoms with Gasteiger partial charge in [0.05, 0.1) is 12.0 Å². The van der Waals surface area contributed by atoms with E-state index in [9.17, 15) is 12.8 Å². The van der Waals surface area contributed by atoms with Crippen LogP contribution in [0.2, 0.25) is 0 Å². The summed E-state index contributed by atoms with van der Waals surface area (Å²) in [5, 5.41) is 0. The molecule has 1 aromatic carbocycles. The highest BCUT2D eigenvalue weighted by Crippen LogP contribution is 2.20. The first-order valence-electron chi connectivity index (χ1n) is 4.34. The van der Waals surface area contributed by atoms with Gasteiger partial charge in [0.15, 0.2) is 11.6 Å². The molecule has 84 valence electrons. The second-order valence-electron chi connectivity index (χ2n) is 2.80. The molecule has 0 unspecified atom stereocenters. The van der Waals surface area contributed by atoms with Gasteiger partial charge < -0.3 is 4.74 Å². The maximum atomic E-state index is 13.0. The fraction of sp³-hybridized carbons (Fsp3) is 0.333. The lowest BCUT2D eigenvalue weighted by molar-refractivity contribution is 0.385. The van der Waals surface area contributed by atoms with E-state index in [1.165, 1.54) is 13.2 Å². The van der Waals surface area contributed by atoms with E-state index in [1.807, 2.05) is 0 Å². The van der Waals surface area contributed by atoms with Crippen molar-refractivity contribution in [3.8, 4) is 5.75 Å². The summed E-state index contributed by atoms with van der Waals surface area (Å²) in [4.78, 5) is -0.0115. The largest absolute Gasteiger partial charge is 0.494 e. The molecular formula is C9H12FNO3S. The Labute approximate surface area is 88.1 Å². The molecule has 0 saturated heterocycles. The predicted octanol–water partition coefficient (Wildman–Crippen LogP) is 1.13. The molecule has 0 bridgehead atoms. The summed E-state index contributed by atoms with van der Waals surface area (Å²) in [6.45, 7) is 1.94. The van der Waals surface area contributed by atoms with Gasteiger partial charge in [-0.25, -0.2) is 17.5 Å². The Hall–Kier alpha value is -1.14. The van der Waals surface area contributed by atoms with Crippen LogP contribution in [-0.2, 0) is 10.0 Å². The Morgan fingerprint density at radius 2 is 2.13 bits per heavy atom. The van der Waals surface area contributed by atoms with E-state index in [4.69, 9.17) is 4.74 Å². The van der Waals surface area contributed by atoms with E-state index >= 15 is 0 Å². The Balaban J connectivity index is 3.17. The van der Waals surface area contributed by atoms with Crippen molar-refractivity contribution in [2.75, 3.05) is 13.7 Å². The highest BCUT2D eigenvalue weighted by molar-refractivity contribution is 7.89. The molecule has 6 heteroatoms. The molecule has 0 aliphatic rings. The smallest absolute Gasteiger partial charge is 0.240 e. The SMILES string of the molecule is CCNS(=O)(=O)c1ccc(F)c(OC)c1. The third-order valence-electron chi connectivity index (χ3n) is 1.77. The van der Waals surface area contributed by atoms with E-state index in [-0.39, 0.29) is 17.2 Å². The summed E-state index contributed by atoms with van der Waals surface area (Å²) in [6.07, 6.45) is 0. The molecule has 0 heterocycles. The molecule has 1 aromatic rings. The highest BCUT2D eigenvalue weighted by atomic mass is 32.2. The quantitative estimate of drug-likeness (QED) is 0.848. The Kier molecular flexibility index (Phi) is 3.65. The zero-order chi connectivity index (χ0) is 11.5. The zero-order valence-electron chi connectivity index (χ0n) is 8.45. The number of nitrogens with one attached hydrogen (secondary N) is 1. The van der Waals surface area contributed by atoms with Crippen molar-refractivity contribution in [3.05, 3.63) is 24.0 Å². The second-order valence-corrected chi connectivity index (χ2v) is 4.56. The van der Waals surface area contributed by atoms with E-state index in [2.05, 4.69) is 4.72 Å². The van der Waals surface area contributed by atoms with Crippen LogP contribution in [0.3, 0.4) is 0 Å². The molecule has 15 heavy (non-hydrogen) atoms. The number of benzene rings is 1. The minimum Gasteiger partial charge on any atom is -0.494 e. The van der Waals surface area contributed by atoms with Gasteiger partial charge in [0.1, 0.15) is 0 Å². The molecular weight excluding hydrogens is 221 g/mol. The number of ether oxygens (including phenoxy) is 1. The van der Waals surface area contributed by atoms with Crippen LogP contribution in [0, 0.1) is 5.82 Å². The second kappa shape index (κ2) is 4.59. The van der Waals surface area contributed by atoms with Crippen molar-refractivity contribution in [2.24, 2.45) is 0 Å². The third-order valence-corrected chi connectivity index (χ3v) is 3.31. The minimum atomic E-state index is -3.56.